The predicted molar refractivity (Wildman–Crippen MR) is 136 cm³/mol. The molecule has 2 fully saturated rings. The molecule has 0 aromatic carbocycles. The Morgan fingerprint density at radius 3 is 2.71 bits per heavy atom. The fourth-order valence-electron chi connectivity index (χ4n) is 5.92. The van der Waals surface area contributed by atoms with Crippen molar-refractivity contribution in [3.05, 3.63) is 56.4 Å². The second-order valence-corrected chi connectivity index (χ2v) is 10.9. The third-order valence-corrected chi connectivity index (χ3v) is 8.58. The molecule has 6 rings (SSSR count). The number of nitrogens with one attached hydrogen (secondary N) is 2. The molecular formula is C26H31ClN6O2. The van der Waals surface area contributed by atoms with Crippen molar-refractivity contribution in [2.45, 2.75) is 51.0 Å². The molecule has 1 aliphatic heterocycles. The van der Waals surface area contributed by atoms with Crippen LogP contribution in [0.2, 0.25) is 5.02 Å². The number of hydrogen-bond acceptors (Lipinski definition) is 6. The van der Waals surface area contributed by atoms with Crippen LogP contribution in [0.4, 0.5) is 5.82 Å². The minimum Gasteiger partial charge on any atom is -0.355 e. The molecule has 1 saturated carbocycles. The van der Waals surface area contributed by atoms with Crippen molar-refractivity contribution in [1.29, 1.82) is 0 Å². The quantitative estimate of drug-likeness (QED) is 0.678. The highest BCUT2D eigenvalue weighted by atomic mass is 35.5. The van der Waals surface area contributed by atoms with Crippen LogP contribution >= 0.6 is 11.6 Å². The smallest absolute Gasteiger partial charge is 0.254 e. The monoisotopic (exact) mass is 494 g/mol. The van der Waals surface area contributed by atoms with Crippen molar-refractivity contribution in [2.75, 3.05) is 38.1 Å². The van der Waals surface area contributed by atoms with Crippen molar-refractivity contribution >= 4 is 28.9 Å². The molecule has 0 unspecified atom stereocenters. The van der Waals surface area contributed by atoms with Gasteiger partial charge in [0.2, 0.25) is 0 Å². The van der Waals surface area contributed by atoms with Gasteiger partial charge in [0.15, 0.2) is 0 Å². The van der Waals surface area contributed by atoms with Crippen LogP contribution in [0.15, 0.2) is 23.1 Å². The van der Waals surface area contributed by atoms with Crippen LogP contribution in [0, 0.1) is 5.41 Å². The van der Waals surface area contributed by atoms with Gasteiger partial charge in [-0.1, -0.05) is 17.7 Å². The average Bonchev–Trinajstić information content (AvgIpc) is 3.43. The fourth-order valence-corrected chi connectivity index (χ4v) is 6.21. The summed E-state index contributed by atoms with van der Waals surface area (Å²) in [5, 5.41) is 3.09. The minimum atomic E-state index is -0.193. The number of pyridine rings is 1. The highest BCUT2D eigenvalue weighted by molar-refractivity contribution is 6.33. The van der Waals surface area contributed by atoms with Crippen molar-refractivity contribution in [3.63, 3.8) is 0 Å². The Morgan fingerprint density at radius 1 is 1.20 bits per heavy atom. The number of halogens is 1. The minimum absolute atomic E-state index is 0.0701. The number of carbonyl (C=O) groups excluding carboxylic acids is 1. The lowest BCUT2D eigenvalue weighted by Crippen LogP contribution is -2.49. The molecule has 184 valence electrons. The number of rotatable bonds is 4. The van der Waals surface area contributed by atoms with Crippen LogP contribution in [-0.4, -0.2) is 65.0 Å². The predicted octanol–water partition coefficient (Wildman–Crippen LogP) is 2.81. The number of hydrogen-bond donors (Lipinski definition) is 2. The van der Waals surface area contributed by atoms with Gasteiger partial charge >= 0.3 is 0 Å². The molecule has 3 heterocycles. The number of piperazine rings is 1. The van der Waals surface area contributed by atoms with Gasteiger partial charge in [-0.05, 0) is 62.0 Å². The normalized spacial score (nSPS) is 23.2. The van der Waals surface area contributed by atoms with Crippen LogP contribution < -0.4 is 15.8 Å². The zero-order valence-corrected chi connectivity index (χ0v) is 20.8. The first-order chi connectivity index (χ1) is 16.9. The summed E-state index contributed by atoms with van der Waals surface area (Å²) in [6.45, 7) is 3.45. The van der Waals surface area contributed by atoms with Gasteiger partial charge in [-0.2, -0.15) is 0 Å². The molecule has 0 bridgehead atoms. The molecule has 2 aromatic heterocycles. The van der Waals surface area contributed by atoms with Gasteiger partial charge in [-0.25, -0.2) is 9.97 Å². The van der Waals surface area contributed by atoms with Gasteiger partial charge in [0.05, 0.1) is 16.3 Å². The third kappa shape index (κ3) is 4.27. The molecule has 2 N–H and O–H groups in total. The largest absolute Gasteiger partial charge is 0.355 e. The number of H-pyrrole nitrogens is 1. The lowest BCUT2D eigenvalue weighted by molar-refractivity contribution is 0.0962. The average molecular weight is 495 g/mol. The van der Waals surface area contributed by atoms with E-state index >= 15 is 0 Å². The number of aromatic amines is 1. The van der Waals surface area contributed by atoms with Crippen LogP contribution in [0.3, 0.4) is 0 Å². The summed E-state index contributed by atoms with van der Waals surface area (Å²) in [6, 6.07) is 2.03. The molecule has 1 saturated heterocycles. The number of allylic oxidation sites excluding steroid dienone is 1. The third-order valence-electron chi connectivity index (χ3n) is 8.30. The molecule has 4 aliphatic rings. The van der Waals surface area contributed by atoms with E-state index < -0.39 is 0 Å². The molecule has 8 nitrogen and oxygen atoms in total. The molecule has 0 radical (unpaired) electrons. The van der Waals surface area contributed by atoms with Gasteiger partial charge < -0.3 is 15.2 Å². The van der Waals surface area contributed by atoms with Gasteiger partial charge in [-0.3, -0.25) is 14.5 Å². The molecular weight excluding hydrogens is 464 g/mol. The zero-order valence-electron chi connectivity index (χ0n) is 20.1. The van der Waals surface area contributed by atoms with Crippen LogP contribution in [-0.2, 0) is 12.8 Å². The second kappa shape index (κ2) is 8.75. The van der Waals surface area contributed by atoms with E-state index in [1.165, 1.54) is 24.8 Å². The first-order valence-electron chi connectivity index (χ1n) is 12.6. The number of aryl methyl sites for hydroxylation is 1. The molecule has 1 spiro atoms. The number of amides is 1. The van der Waals surface area contributed by atoms with Crippen LogP contribution in [0.1, 0.15) is 59.5 Å². The summed E-state index contributed by atoms with van der Waals surface area (Å²) in [5.41, 5.74) is 4.06. The highest BCUT2D eigenvalue weighted by Gasteiger charge is 2.45. The van der Waals surface area contributed by atoms with Gasteiger partial charge in [-0.15, -0.1) is 0 Å². The Balaban J connectivity index is 1.12. The number of fused-ring (bicyclic) bond motifs is 1. The molecule has 3 aliphatic carbocycles. The fraction of sp³-hybridized carbons (Fsp3) is 0.538. The maximum Gasteiger partial charge on any atom is 0.254 e. The Morgan fingerprint density at radius 2 is 2.00 bits per heavy atom. The molecule has 1 amide bonds. The summed E-state index contributed by atoms with van der Waals surface area (Å²) in [4.78, 5) is 41.8. The highest BCUT2D eigenvalue weighted by Crippen LogP contribution is 2.53. The summed E-state index contributed by atoms with van der Waals surface area (Å²) < 4.78 is 0. The van der Waals surface area contributed by atoms with Gasteiger partial charge in [0, 0.05) is 51.0 Å². The maximum atomic E-state index is 12.8. The Hall–Kier alpha value is -2.71. The topological polar surface area (TPSA) is 94.2 Å². The van der Waals surface area contributed by atoms with Crippen molar-refractivity contribution in [2.24, 2.45) is 5.41 Å². The zero-order chi connectivity index (χ0) is 24.2. The number of anilines is 1. The summed E-state index contributed by atoms with van der Waals surface area (Å²) >= 11 is 6.45. The van der Waals surface area contributed by atoms with E-state index in [1.54, 1.807) is 19.3 Å². The van der Waals surface area contributed by atoms with Crippen LogP contribution in [0.25, 0.3) is 5.57 Å². The van der Waals surface area contributed by atoms with Crippen molar-refractivity contribution in [3.8, 4) is 0 Å². The number of nitrogens with zero attached hydrogens (tertiary/aromatic N) is 4. The van der Waals surface area contributed by atoms with E-state index in [-0.39, 0.29) is 11.5 Å². The van der Waals surface area contributed by atoms with E-state index in [0.29, 0.717) is 22.0 Å². The first-order valence-corrected chi connectivity index (χ1v) is 13.0. The van der Waals surface area contributed by atoms with Crippen molar-refractivity contribution in [1.82, 2.24) is 25.2 Å². The van der Waals surface area contributed by atoms with Gasteiger partial charge in [0.1, 0.15) is 11.6 Å². The van der Waals surface area contributed by atoms with Crippen molar-refractivity contribution < 1.29 is 4.79 Å². The van der Waals surface area contributed by atoms with Gasteiger partial charge in [0.25, 0.3) is 11.5 Å². The maximum absolute atomic E-state index is 12.8. The van der Waals surface area contributed by atoms with E-state index in [1.807, 2.05) is 0 Å². The Kier molecular flexibility index (Phi) is 5.68. The molecule has 9 heteroatoms. The molecule has 1 atom stereocenters. The molecule has 35 heavy (non-hydrogen) atoms. The van der Waals surface area contributed by atoms with E-state index in [9.17, 15) is 9.59 Å². The first kappa shape index (κ1) is 22.7. The summed E-state index contributed by atoms with van der Waals surface area (Å²) in [7, 11) is 1.59. The van der Waals surface area contributed by atoms with E-state index in [4.69, 9.17) is 16.6 Å². The van der Waals surface area contributed by atoms with E-state index in [2.05, 4.69) is 31.2 Å². The lowest BCUT2D eigenvalue weighted by atomic mass is 9.84. The number of aromatic nitrogens is 3. The molecule has 2 aromatic rings. The SMILES string of the molecule is CNC(=O)c1cnc(N2CCN([C@H]3C=C(c4nc5c(c(=O)[nH]4)CC4(CC5)CC4)CC3)CC2)c(Cl)c1. The number of carbonyl (C=O) groups is 1. The Labute approximate surface area is 209 Å². The van der Waals surface area contributed by atoms with Crippen LogP contribution in [0.5, 0.6) is 0 Å². The lowest BCUT2D eigenvalue weighted by Gasteiger charge is -2.38. The second-order valence-electron chi connectivity index (χ2n) is 10.4. The Bertz CT molecular complexity index is 1260. The standard InChI is InChI=1S/C26H31ClN6O2/c1-28-24(34)17-13-20(27)23(29-15-17)33-10-8-32(9-11-33)18-3-2-16(12-18)22-30-21-4-5-26(6-7-26)14-19(21)25(35)31-22/h12-13,15,18H,2-11,14H2,1H3,(H,28,34)(H,30,31,35)/t18-/m1/s1. The van der Waals surface area contributed by atoms with E-state index in [0.717, 1.165) is 74.8 Å². The summed E-state index contributed by atoms with van der Waals surface area (Å²) in [6.07, 6.45) is 11.4. The summed E-state index contributed by atoms with van der Waals surface area (Å²) in [5.74, 6) is 1.31.